The number of nitrogens with zero attached hydrogens (tertiary/aromatic N) is 3. The van der Waals surface area contributed by atoms with Crippen LogP contribution in [0.4, 0.5) is 0 Å². The van der Waals surface area contributed by atoms with Gasteiger partial charge in [0.1, 0.15) is 17.1 Å². The monoisotopic (exact) mass is 341 g/mol. The molecule has 2 aromatic heterocycles. The third-order valence-corrected chi connectivity index (χ3v) is 4.83. The van der Waals surface area contributed by atoms with Gasteiger partial charge in [0, 0.05) is 12.2 Å². The molecule has 0 bridgehead atoms. The molecule has 24 heavy (non-hydrogen) atoms. The van der Waals surface area contributed by atoms with Crippen molar-refractivity contribution in [2.45, 2.75) is 18.9 Å². The maximum Gasteiger partial charge on any atom is 0.338 e. The van der Waals surface area contributed by atoms with Crippen LogP contribution in [-0.2, 0) is 4.74 Å². The van der Waals surface area contributed by atoms with E-state index in [1.807, 2.05) is 30.5 Å². The maximum absolute atomic E-state index is 12.0. The Hall–Kier alpha value is -2.40. The van der Waals surface area contributed by atoms with Crippen LogP contribution in [-0.4, -0.2) is 27.1 Å². The summed E-state index contributed by atoms with van der Waals surface area (Å²) >= 11 is 6.09. The Bertz CT molecular complexity index is 872. The summed E-state index contributed by atoms with van der Waals surface area (Å²) in [6, 6.07) is 11.4. The first-order chi connectivity index (χ1) is 11.7. The lowest BCUT2D eigenvalue weighted by molar-refractivity contribution is 0.0302. The molecule has 0 spiro atoms. The average molecular weight is 342 g/mol. The number of ether oxygens (including phenoxy) is 1. The quantitative estimate of drug-likeness (QED) is 0.533. The van der Waals surface area contributed by atoms with E-state index in [-0.39, 0.29) is 5.97 Å². The van der Waals surface area contributed by atoms with Gasteiger partial charge in [-0.3, -0.25) is 0 Å². The summed E-state index contributed by atoms with van der Waals surface area (Å²) < 4.78 is 7.55. The molecular formula is C18H16ClN3O2. The molecule has 1 saturated carbocycles. The van der Waals surface area contributed by atoms with E-state index in [0.29, 0.717) is 29.3 Å². The molecule has 4 rings (SSSR count). The molecule has 1 aliphatic carbocycles. The highest BCUT2D eigenvalue weighted by Gasteiger charge is 2.32. The van der Waals surface area contributed by atoms with Crippen molar-refractivity contribution in [2.75, 3.05) is 6.61 Å². The molecular weight excluding hydrogens is 326 g/mol. The van der Waals surface area contributed by atoms with E-state index >= 15 is 0 Å². The van der Waals surface area contributed by atoms with Crippen LogP contribution >= 0.6 is 11.6 Å². The average Bonchev–Trinajstić information content (AvgIpc) is 2.99. The Morgan fingerprint density at radius 3 is 2.79 bits per heavy atom. The van der Waals surface area contributed by atoms with E-state index < -0.39 is 0 Å². The highest BCUT2D eigenvalue weighted by Crippen LogP contribution is 2.40. The first kappa shape index (κ1) is 15.1. The van der Waals surface area contributed by atoms with Crippen molar-refractivity contribution in [3.8, 4) is 0 Å². The van der Waals surface area contributed by atoms with Crippen molar-refractivity contribution in [3.63, 3.8) is 0 Å². The Balaban J connectivity index is 1.35. The van der Waals surface area contributed by atoms with Crippen molar-refractivity contribution in [1.29, 1.82) is 0 Å². The van der Waals surface area contributed by atoms with E-state index in [2.05, 4.69) is 14.5 Å². The third-order valence-electron chi connectivity index (χ3n) is 4.52. The SMILES string of the molecule is O=C(OCC1CC(n2ccc3c(Cl)ncnc32)C1)c1ccccc1. The third kappa shape index (κ3) is 2.76. The Kier molecular flexibility index (Phi) is 3.94. The molecule has 0 atom stereocenters. The van der Waals surface area contributed by atoms with Crippen molar-refractivity contribution in [1.82, 2.24) is 14.5 Å². The van der Waals surface area contributed by atoms with Crippen LogP contribution in [0.1, 0.15) is 29.2 Å². The number of hydrogen-bond acceptors (Lipinski definition) is 4. The minimum absolute atomic E-state index is 0.259. The first-order valence-electron chi connectivity index (χ1n) is 7.91. The molecule has 3 aromatic rings. The minimum Gasteiger partial charge on any atom is -0.462 e. The van der Waals surface area contributed by atoms with Crippen LogP contribution in [0.25, 0.3) is 11.0 Å². The molecule has 0 amide bonds. The molecule has 5 nitrogen and oxygen atoms in total. The Morgan fingerprint density at radius 2 is 2.00 bits per heavy atom. The van der Waals surface area contributed by atoms with Gasteiger partial charge < -0.3 is 9.30 Å². The standard InChI is InChI=1S/C18H16ClN3O2/c19-16-15-6-7-22(17(15)21-11-20-16)14-8-12(9-14)10-24-18(23)13-4-2-1-3-5-13/h1-7,11-12,14H,8-10H2. The number of carbonyl (C=O) groups excluding carboxylic acids is 1. The van der Waals surface area contributed by atoms with Gasteiger partial charge in [0.25, 0.3) is 0 Å². The minimum atomic E-state index is -0.259. The molecule has 1 aromatic carbocycles. The zero-order chi connectivity index (χ0) is 16.5. The second-order valence-corrected chi connectivity index (χ2v) is 6.44. The van der Waals surface area contributed by atoms with Crippen LogP contribution < -0.4 is 0 Å². The number of halogens is 1. The summed E-state index contributed by atoms with van der Waals surface area (Å²) in [5, 5.41) is 1.35. The Labute approximate surface area is 144 Å². The van der Waals surface area contributed by atoms with Gasteiger partial charge >= 0.3 is 5.97 Å². The molecule has 1 fully saturated rings. The normalized spacial score (nSPS) is 19.9. The van der Waals surface area contributed by atoms with Gasteiger partial charge in [-0.05, 0) is 37.0 Å². The van der Waals surface area contributed by atoms with Crippen LogP contribution in [0.5, 0.6) is 0 Å². The van der Waals surface area contributed by atoms with E-state index in [4.69, 9.17) is 16.3 Å². The van der Waals surface area contributed by atoms with Gasteiger partial charge in [-0.2, -0.15) is 0 Å². The highest BCUT2D eigenvalue weighted by atomic mass is 35.5. The second-order valence-electron chi connectivity index (χ2n) is 6.08. The number of fused-ring (bicyclic) bond motifs is 1. The molecule has 6 heteroatoms. The van der Waals surface area contributed by atoms with Gasteiger partial charge in [0.05, 0.1) is 17.6 Å². The largest absolute Gasteiger partial charge is 0.462 e. The number of benzene rings is 1. The molecule has 0 aliphatic heterocycles. The fourth-order valence-electron chi connectivity index (χ4n) is 3.15. The van der Waals surface area contributed by atoms with E-state index in [1.165, 1.54) is 6.33 Å². The molecule has 2 heterocycles. The summed E-state index contributed by atoms with van der Waals surface area (Å²) in [7, 11) is 0. The van der Waals surface area contributed by atoms with Crippen molar-refractivity contribution < 1.29 is 9.53 Å². The summed E-state index contributed by atoms with van der Waals surface area (Å²) in [5.74, 6) is 0.127. The van der Waals surface area contributed by atoms with Gasteiger partial charge in [0.2, 0.25) is 0 Å². The number of esters is 1. The number of hydrogen-bond donors (Lipinski definition) is 0. The van der Waals surface area contributed by atoms with Crippen molar-refractivity contribution in [3.05, 3.63) is 59.6 Å². The lowest BCUT2D eigenvalue weighted by atomic mass is 9.80. The summed E-state index contributed by atoms with van der Waals surface area (Å²) in [6.07, 6.45) is 5.42. The van der Waals surface area contributed by atoms with Crippen LogP contribution in [0.3, 0.4) is 0 Å². The molecule has 0 saturated heterocycles. The van der Waals surface area contributed by atoms with Gasteiger partial charge in [-0.25, -0.2) is 14.8 Å². The zero-order valence-electron chi connectivity index (χ0n) is 12.9. The lowest BCUT2D eigenvalue weighted by Gasteiger charge is -2.36. The lowest BCUT2D eigenvalue weighted by Crippen LogP contribution is -2.30. The van der Waals surface area contributed by atoms with Gasteiger partial charge in [-0.15, -0.1) is 0 Å². The van der Waals surface area contributed by atoms with Gasteiger partial charge in [0.15, 0.2) is 0 Å². The summed E-state index contributed by atoms with van der Waals surface area (Å²) in [4.78, 5) is 20.3. The second kappa shape index (κ2) is 6.24. The predicted octanol–water partition coefficient (Wildman–Crippen LogP) is 3.89. The van der Waals surface area contributed by atoms with Crippen molar-refractivity contribution >= 4 is 28.6 Å². The van der Waals surface area contributed by atoms with E-state index in [1.54, 1.807) is 12.1 Å². The molecule has 122 valence electrons. The molecule has 0 N–H and O–H groups in total. The number of rotatable bonds is 4. The van der Waals surface area contributed by atoms with Crippen LogP contribution in [0.15, 0.2) is 48.9 Å². The first-order valence-corrected chi connectivity index (χ1v) is 8.29. The predicted molar refractivity (Wildman–Crippen MR) is 91.0 cm³/mol. The summed E-state index contributed by atoms with van der Waals surface area (Å²) in [5.41, 5.74) is 1.45. The smallest absolute Gasteiger partial charge is 0.338 e. The molecule has 0 unspecified atom stereocenters. The van der Waals surface area contributed by atoms with E-state index in [0.717, 1.165) is 23.9 Å². The number of aromatic nitrogens is 3. The maximum atomic E-state index is 12.0. The van der Waals surface area contributed by atoms with Crippen LogP contribution in [0.2, 0.25) is 5.15 Å². The fraction of sp³-hybridized carbons (Fsp3) is 0.278. The Morgan fingerprint density at radius 1 is 1.21 bits per heavy atom. The van der Waals surface area contributed by atoms with Crippen LogP contribution in [0, 0.1) is 5.92 Å². The van der Waals surface area contributed by atoms with Gasteiger partial charge in [-0.1, -0.05) is 29.8 Å². The summed E-state index contributed by atoms with van der Waals surface area (Å²) in [6.45, 7) is 0.458. The zero-order valence-corrected chi connectivity index (χ0v) is 13.7. The molecule has 0 radical (unpaired) electrons. The van der Waals surface area contributed by atoms with E-state index in [9.17, 15) is 4.79 Å². The highest BCUT2D eigenvalue weighted by molar-refractivity contribution is 6.33. The fourth-order valence-corrected chi connectivity index (χ4v) is 3.34. The van der Waals surface area contributed by atoms with Crippen molar-refractivity contribution in [2.24, 2.45) is 5.92 Å². The molecule has 1 aliphatic rings. The number of carbonyl (C=O) groups is 1. The topological polar surface area (TPSA) is 57.0 Å².